The summed E-state index contributed by atoms with van der Waals surface area (Å²) in [6.07, 6.45) is 4.07. The van der Waals surface area contributed by atoms with Crippen LogP contribution < -0.4 is 5.32 Å². The third-order valence-corrected chi connectivity index (χ3v) is 5.28. The van der Waals surface area contributed by atoms with E-state index in [4.69, 9.17) is 9.47 Å². The molecule has 1 aromatic rings. The van der Waals surface area contributed by atoms with Crippen molar-refractivity contribution in [3.8, 4) is 0 Å². The number of esters is 1. The molecule has 23 heavy (non-hydrogen) atoms. The molecule has 124 valence electrons. The third kappa shape index (κ3) is 3.33. The second kappa shape index (κ2) is 6.60. The highest BCUT2D eigenvalue weighted by Gasteiger charge is 2.52. The number of ether oxygens (including phenoxy) is 2. The van der Waals surface area contributed by atoms with E-state index in [1.807, 2.05) is 30.3 Å². The van der Waals surface area contributed by atoms with Gasteiger partial charge in [-0.2, -0.15) is 0 Å². The minimum absolute atomic E-state index is 0.224. The molecule has 1 amide bonds. The third-order valence-electron chi connectivity index (χ3n) is 5.28. The van der Waals surface area contributed by atoms with Gasteiger partial charge in [0.25, 0.3) is 0 Å². The molecule has 0 spiro atoms. The summed E-state index contributed by atoms with van der Waals surface area (Å²) < 4.78 is 10.3. The van der Waals surface area contributed by atoms with Gasteiger partial charge in [-0.15, -0.1) is 0 Å². The number of hydrogen-bond acceptors (Lipinski definition) is 4. The Hall–Kier alpha value is -2.04. The predicted molar refractivity (Wildman–Crippen MR) is 84.6 cm³/mol. The normalized spacial score (nSPS) is 28.9. The number of rotatable bonds is 4. The standard InChI is InChI=1S/C18H23NO4/c1-22-16(20)15-11-13-7-9-18(15,10-8-13)19-17(21)23-12-14-5-3-2-4-6-14/h2-6,13,15H,7-12H2,1H3,(H,19,21). The number of nitrogens with one attached hydrogen (secondary N) is 1. The number of amides is 1. The molecule has 5 heteroatoms. The van der Waals surface area contributed by atoms with Crippen LogP contribution in [0.5, 0.6) is 0 Å². The average molecular weight is 317 g/mol. The maximum atomic E-state index is 12.2. The lowest BCUT2D eigenvalue weighted by molar-refractivity contribution is -0.153. The number of benzene rings is 1. The van der Waals surface area contributed by atoms with Gasteiger partial charge in [0.05, 0.1) is 18.6 Å². The molecular formula is C18H23NO4. The van der Waals surface area contributed by atoms with E-state index in [-0.39, 0.29) is 18.5 Å². The molecule has 4 rings (SSSR count). The van der Waals surface area contributed by atoms with Crippen molar-refractivity contribution in [1.82, 2.24) is 5.32 Å². The second-order valence-electron chi connectivity index (χ2n) is 6.60. The first-order valence-corrected chi connectivity index (χ1v) is 8.20. The molecule has 1 atom stereocenters. The number of carbonyl (C=O) groups is 2. The van der Waals surface area contributed by atoms with Gasteiger partial charge in [0.2, 0.25) is 0 Å². The molecule has 5 nitrogen and oxygen atoms in total. The van der Waals surface area contributed by atoms with Gasteiger partial charge in [-0.25, -0.2) is 4.79 Å². The van der Waals surface area contributed by atoms with Gasteiger partial charge >= 0.3 is 12.1 Å². The Labute approximate surface area is 136 Å². The van der Waals surface area contributed by atoms with E-state index in [1.54, 1.807) is 0 Å². The van der Waals surface area contributed by atoms with Crippen molar-refractivity contribution >= 4 is 12.1 Å². The zero-order chi connectivity index (χ0) is 16.3. The summed E-state index contributed by atoms with van der Waals surface area (Å²) in [5.74, 6) is 0.0881. The minimum atomic E-state index is -0.504. The van der Waals surface area contributed by atoms with Crippen LogP contribution >= 0.6 is 0 Å². The SMILES string of the molecule is COC(=O)C1CC2CCC1(NC(=O)OCc1ccccc1)CC2. The quantitative estimate of drug-likeness (QED) is 0.867. The lowest BCUT2D eigenvalue weighted by atomic mass is 9.60. The number of carbonyl (C=O) groups excluding carboxylic acids is 2. The van der Waals surface area contributed by atoms with Crippen LogP contribution in [-0.2, 0) is 20.9 Å². The van der Waals surface area contributed by atoms with Gasteiger partial charge in [-0.1, -0.05) is 30.3 Å². The van der Waals surface area contributed by atoms with Crippen molar-refractivity contribution in [3.63, 3.8) is 0 Å². The van der Waals surface area contributed by atoms with E-state index in [1.165, 1.54) is 7.11 Å². The summed E-state index contributed by atoms with van der Waals surface area (Å²) in [5.41, 5.74) is 0.437. The van der Waals surface area contributed by atoms with Crippen LogP contribution in [0, 0.1) is 11.8 Å². The monoisotopic (exact) mass is 317 g/mol. The summed E-state index contributed by atoms with van der Waals surface area (Å²) in [5, 5.41) is 2.99. The fourth-order valence-electron chi connectivity index (χ4n) is 3.97. The van der Waals surface area contributed by atoms with Crippen molar-refractivity contribution in [3.05, 3.63) is 35.9 Å². The summed E-state index contributed by atoms with van der Waals surface area (Å²) >= 11 is 0. The molecule has 0 aromatic heterocycles. The van der Waals surface area contributed by atoms with Gasteiger partial charge in [-0.3, -0.25) is 4.79 Å². The number of alkyl carbamates (subject to hydrolysis) is 1. The summed E-state index contributed by atoms with van der Waals surface area (Å²) in [6.45, 7) is 0.230. The van der Waals surface area contributed by atoms with Gasteiger partial charge in [-0.05, 0) is 43.6 Å². The van der Waals surface area contributed by atoms with E-state index in [2.05, 4.69) is 5.32 Å². The molecule has 0 saturated heterocycles. The smallest absolute Gasteiger partial charge is 0.407 e. The highest BCUT2D eigenvalue weighted by Crippen LogP contribution is 2.48. The molecule has 0 heterocycles. The van der Waals surface area contributed by atoms with Crippen LogP contribution in [0.15, 0.2) is 30.3 Å². The predicted octanol–water partition coefficient (Wildman–Crippen LogP) is 3.03. The first-order valence-electron chi connectivity index (χ1n) is 8.20. The highest BCUT2D eigenvalue weighted by molar-refractivity contribution is 5.77. The van der Waals surface area contributed by atoms with Crippen LogP contribution in [0.1, 0.15) is 37.7 Å². The molecule has 0 aliphatic heterocycles. The summed E-state index contributed by atoms with van der Waals surface area (Å²) in [7, 11) is 1.41. The maximum absolute atomic E-state index is 12.2. The lowest BCUT2D eigenvalue weighted by Gasteiger charge is -2.50. The lowest BCUT2D eigenvalue weighted by Crippen LogP contribution is -2.61. The first-order chi connectivity index (χ1) is 11.1. The van der Waals surface area contributed by atoms with Crippen LogP contribution in [0.2, 0.25) is 0 Å². The van der Waals surface area contributed by atoms with Gasteiger partial charge in [0.15, 0.2) is 0 Å². The molecule has 1 N–H and O–H groups in total. The molecule has 1 aromatic carbocycles. The van der Waals surface area contributed by atoms with Crippen LogP contribution in [0.4, 0.5) is 4.79 Å². The highest BCUT2D eigenvalue weighted by atomic mass is 16.5. The number of fused-ring (bicyclic) bond motifs is 3. The Morgan fingerprint density at radius 2 is 1.91 bits per heavy atom. The molecule has 3 saturated carbocycles. The minimum Gasteiger partial charge on any atom is -0.469 e. The van der Waals surface area contributed by atoms with Crippen molar-refractivity contribution < 1.29 is 19.1 Å². The molecular weight excluding hydrogens is 294 g/mol. The van der Waals surface area contributed by atoms with E-state index < -0.39 is 11.6 Å². The number of hydrogen-bond donors (Lipinski definition) is 1. The molecule has 3 aliphatic carbocycles. The van der Waals surface area contributed by atoms with Crippen LogP contribution in [0.25, 0.3) is 0 Å². The van der Waals surface area contributed by atoms with Gasteiger partial charge in [0.1, 0.15) is 6.61 Å². The van der Waals surface area contributed by atoms with Gasteiger partial charge < -0.3 is 14.8 Å². The van der Waals surface area contributed by atoms with Crippen LogP contribution in [0.3, 0.4) is 0 Å². The Bertz CT molecular complexity index is 564. The second-order valence-corrected chi connectivity index (χ2v) is 6.60. The molecule has 2 bridgehead atoms. The van der Waals surface area contributed by atoms with E-state index in [0.717, 1.165) is 37.7 Å². The summed E-state index contributed by atoms with van der Waals surface area (Å²) in [4.78, 5) is 24.3. The topological polar surface area (TPSA) is 64.6 Å². The molecule has 1 unspecified atom stereocenters. The molecule has 3 aliphatic rings. The molecule has 3 fully saturated rings. The summed E-state index contributed by atoms with van der Waals surface area (Å²) in [6, 6.07) is 9.56. The average Bonchev–Trinajstić information content (AvgIpc) is 2.61. The fraction of sp³-hybridized carbons (Fsp3) is 0.556. The van der Waals surface area contributed by atoms with E-state index in [0.29, 0.717) is 5.92 Å². The Balaban J connectivity index is 1.64. The zero-order valence-electron chi connectivity index (χ0n) is 13.4. The Kier molecular flexibility index (Phi) is 4.55. The fourth-order valence-corrected chi connectivity index (χ4v) is 3.97. The van der Waals surface area contributed by atoms with Crippen LogP contribution in [-0.4, -0.2) is 24.7 Å². The van der Waals surface area contributed by atoms with Crippen molar-refractivity contribution in [2.24, 2.45) is 11.8 Å². The first kappa shape index (κ1) is 15.8. The largest absolute Gasteiger partial charge is 0.469 e. The molecule has 0 radical (unpaired) electrons. The Morgan fingerprint density at radius 3 is 2.57 bits per heavy atom. The maximum Gasteiger partial charge on any atom is 0.407 e. The van der Waals surface area contributed by atoms with Crippen molar-refractivity contribution in [2.75, 3.05) is 7.11 Å². The number of methoxy groups -OCH3 is 1. The Morgan fingerprint density at radius 1 is 1.22 bits per heavy atom. The van der Waals surface area contributed by atoms with E-state index in [9.17, 15) is 9.59 Å². The van der Waals surface area contributed by atoms with Crippen molar-refractivity contribution in [1.29, 1.82) is 0 Å². The van der Waals surface area contributed by atoms with E-state index >= 15 is 0 Å². The zero-order valence-corrected chi connectivity index (χ0v) is 13.4. The van der Waals surface area contributed by atoms with Gasteiger partial charge in [0, 0.05) is 0 Å². The van der Waals surface area contributed by atoms with Crippen molar-refractivity contribution in [2.45, 2.75) is 44.2 Å².